The van der Waals surface area contributed by atoms with Crippen molar-refractivity contribution in [3.8, 4) is 0 Å². The van der Waals surface area contributed by atoms with Gasteiger partial charge >= 0.3 is 6.16 Å². The first-order chi connectivity index (χ1) is 12.8. The predicted octanol–water partition coefficient (Wildman–Crippen LogP) is 7.24. The highest BCUT2D eigenvalue weighted by Crippen LogP contribution is 2.15. The molecule has 0 aliphatic carbocycles. The smallest absolute Gasteiger partial charge is 0.450 e. The van der Waals surface area contributed by atoms with E-state index in [-0.39, 0.29) is 0 Å². The summed E-state index contributed by atoms with van der Waals surface area (Å²) < 4.78 is 4.50. The van der Waals surface area contributed by atoms with E-state index in [1.54, 1.807) is 13.8 Å². The molecule has 0 saturated heterocycles. The van der Waals surface area contributed by atoms with E-state index in [4.69, 9.17) is 14.9 Å². The summed E-state index contributed by atoms with van der Waals surface area (Å²) in [5, 5.41) is 8.16. The van der Waals surface area contributed by atoms with Gasteiger partial charge < -0.3 is 9.84 Å². The van der Waals surface area contributed by atoms with Gasteiger partial charge in [-0.2, -0.15) is 0 Å². The minimum atomic E-state index is -1.21. The summed E-state index contributed by atoms with van der Waals surface area (Å²) in [4.78, 5) is 20.7. The highest BCUT2D eigenvalue weighted by molar-refractivity contribution is 5.57. The van der Waals surface area contributed by atoms with E-state index >= 15 is 0 Å². The molecule has 0 spiro atoms. The van der Waals surface area contributed by atoms with E-state index in [0.717, 1.165) is 13.2 Å². The van der Waals surface area contributed by atoms with Crippen LogP contribution < -0.4 is 0 Å². The van der Waals surface area contributed by atoms with Crippen LogP contribution in [0.25, 0.3) is 0 Å². The average molecular weight is 391 g/mol. The van der Waals surface area contributed by atoms with Gasteiger partial charge in [0, 0.05) is 0 Å². The van der Waals surface area contributed by atoms with Gasteiger partial charge in [0.1, 0.15) is 5.60 Å². The van der Waals surface area contributed by atoms with Gasteiger partial charge in [-0.3, -0.25) is 0 Å². The Kier molecular flexibility index (Phi) is 19.5. The number of hydrogen-bond acceptors (Lipinski definition) is 4. The maximum absolute atomic E-state index is 9.95. The van der Waals surface area contributed by atoms with Crippen molar-refractivity contribution in [3.05, 3.63) is 0 Å². The van der Waals surface area contributed by atoms with Gasteiger partial charge in [0.05, 0.1) is 13.2 Å². The third-order valence-electron chi connectivity index (χ3n) is 4.99. The molecule has 0 aliphatic heterocycles. The SMILES string of the molecule is CCC(C)(C)OC(=O)O.CCCCC(CC)COOCC(CC)CCCC. The van der Waals surface area contributed by atoms with Crippen LogP contribution in [0, 0.1) is 11.8 Å². The lowest BCUT2D eigenvalue weighted by Gasteiger charge is -2.20. The Bertz CT molecular complexity index is 313. The molecule has 0 radical (unpaired) electrons. The van der Waals surface area contributed by atoms with Crippen molar-refractivity contribution in [2.24, 2.45) is 11.8 Å². The van der Waals surface area contributed by atoms with Gasteiger partial charge in [-0.15, -0.1) is 0 Å². The third-order valence-corrected chi connectivity index (χ3v) is 4.99. The molecule has 164 valence electrons. The van der Waals surface area contributed by atoms with Crippen molar-refractivity contribution in [1.82, 2.24) is 0 Å². The van der Waals surface area contributed by atoms with Gasteiger partial charge in [0.15, 0.2) is 0 Å². The maximum Gasteiger partial charge on any atom is 0.506 e. The molecular weight excluding hydrogens is 344 g/mol. The van der Waals surface area contributed by atoms with E-state index in [2.05, 4.69) is 32.4 Å². The molecule has 0 saturated carbocycles. The standard InChI is InChI=1S/C16H34O2.C6H12O3/c1-5-9-11-15(7-3)13-17-18-14-16(8-4)12-10-6-2;1-4-6(2,3)9-5(7)8/h15-16H,5-14H2,1-4H3;4H2,1-3H3,(H,7,8). The highest BCUT2D eigenvalue weighted by Gasteiger charge is 2.19. The molecule has 2 atom stereocenters. The summed E-state index contributed by atoms with van der Waals surface area (Å²) in [5.74, 6) is 1.33. The van der Waals surface area contributed by atoms with Crippen LogP contribution in [0.3, 0.4) is 0 Å². The third kappa shape index (κ3) is 19.7. The van der Waals surface area contributed by atoms with Crippen LogP contribution in [-0.4, -0.2) is 30.1 Å². The number of carbonyl (C=O) groups is 1. The summed E-state index contributed by atoms with van der Waals surface area (Å²) in [6.45, 7) is 15.8. The van der Waals surface area contributed by atoms with Gasteiger partial charge in [-0.05, 0) is 44.9 Å². The van der Waals surface area contributed by atoms with Crippen molar-refractivity contribution in [2.75, 3.05) is 13.2 Å². The van der Waals surface area contributed by atoms with Crippen molar-refractivity contribution >= 4 is 6.16 Å². The summed E-state index contributed by atoms with van der Waals surface area (Å²) in [7, 11) is 0. The highest BCUT2D eigenvalue weighted by atomic mass is 17.2. The Labute approximate surface area is 168 Å². The topological polar surface area (TPSA) is 65.0 Å². The molecule has 0 rings (SSSR count). The molecule has 0 aromatic heterocycles. The fourth-order valence-electron chi connectivity index (χ4n) is 2.39. The zero-order chi connectivity index (χ0) is 21.1. The predicted molar refractivity (Wildman–Crippen MR) is 112 cm³/mol. The van der Waals surface area contributed by atoms with Crippen molar-refractivity contribution in [1.29, 1.82) is 0 Å². The van der Waals surface area contributed by atoms with Crippen LogP contribution in [0.5, 0.6) is 0 Å². The summed E-state index contributed by atoms with van der Waals surface area (Å²) in [6, 6.07) is 0. The van der Waals surface area contributed by atoms with Crippen LogP contribution in [0.4, 0.5) is 4.79 Å². The van der Waals surface area contributed by atoms with Crippen LogP contribution in [-0.2, 0) is 14.5 Å². The first-order valence-electron chi connectivity index (χ1n) is 10.9. The molecular formula is C22H46O5. The average Bonchev–Trinajstić information content (AvgIpc) is 2.63. The number of hydrogen-bond donors (Lipinski definition) is 1. The molecule has 0 fully saturated rings. The number of rotatable bonds is 15. The van der Waals surface area contributed by atoms with E-state index in [9.17, 15) is 4.79 Å². The van der Waals surface area contributed by atoms with Gasteiger partial charge in [-0.1, -0.05) is 73.1 Å². The molecule has 0 bridgehead atoms. The minimum absolute atomic E-state index is 0.536. The van der Waals surface area contributed by atoms with Crippen LogP contribution in [0.1, 0.15) is 106 Å². The number of unbranched alkanes of at least 4 members (excludes halogenated alkanes) is 2. The van der Waals surface area contributed by atoms with Crippen molar-refractivity contribution in [3.63, 3.8) is 0 Å². The molecule has 5 heteroatoms. The normalized spacial score (nSPS) is 13.4. The molecule has 0 aromatic rings. The van der Waals surface area contributed by atoms with Crippen LogP contribution in [0.2, 0.25) is 0 Å². The lowest BCUT2D eigenvalue weighted by molar-refractivity contribution is -0.308. The lowest BCUT2D eigenvalue weighted by Crippen LogP contribution is -2.25. The maximum atomic E-state index is 9.95. The van der Waals surface area contributed by atoms with E-state index in [1.165, 1.54) is 51.4 Å². The van der Waals surface area contributed by atoms with Crippen molar-refractivity contribution in [2.45, 2.75) is 112 Å². The second kappa shape index (κ2) is 18.5. The van der Waals surface area contributed by atoms with Gasteiger partial charge in [-0.25, -0.2) is 14.6 Å². The second-order valence-corrected chi connectivity index (χ2v) is 7.88. The number of ether oxygens (including phenoxy) is 1. The molecule has 0 heterocycles. The Morgan fingerprint density at radius 2 is 1.26 bits per heavy atom. The molecule has 5 nitrogen and oxygen atoms in total. The van der Waals surface area contributed by atoms with E-state index in [0.29, 0.717) is 18.3 Å². The van der Waals surface area contributed by atoms with E-state index in [1.807, 2.05) is 6.92 Å². The lowest BCUT2D eigenvalue weighted by atomic mass is 10.0. The van der Waals surface area contributed by atoms with Crippen LogP contribution in [0.15, 0.2) is 0 Å². The Hall–Kier alpha value is -0.810. The quantitative estimate of drug-likeness (QED) is 0.138. The van der Waals surface area contributed by atoms with Gasteiger partial charge in [0.2, 0.25) is 0 Å². The molecule has 0 aliphatic rings. The molecule has 0 amide bonds. The molecule has 1 N–H and O–H groups in total. The molecule has 27 heavy (non-hydrogen) atoms. The monoisotopic (exact) mass is 390 g/mol. The van der Waals surface area contributed by atoms with Gasteiger partial charge in [0.25, 0.3) is 0 Å². The first kappa shape index (κ1) is 28.4. The number of carboxylic acid groups (broad SMARTS) is 1. The summed E-state index contributed by atoms with van der Waals surface area (Å²) in [5.41, 5.74) is -0.536. The van der Waals surface area contributed by atoms with E-state index < -0.39 is 11.8 Å². The minimum Gasteiger partial charge on any atom is -0.450 e. The summed E-state index contributed by atoms with van der Waals surface area (Å²) in [6.07, 6.45) is 9.55. The second-order valence-electron chi connectivity index (χ2n) is 7.88. The fourth-order valence-corrected chi connectivity index (χ4v) is 2.39. The zero-order valence-electron chi connectivity index (χ0n) is 19.0. The summed E-state index contributed by atoms with van der Waals surface area (Å²) >= 11 is 0. The fraction of sp³-hybridized carbons (Fsp3) is 0.955. The zero-order valence-corrected chi connectivity index (χ0v) is 19.0. The molecule has 0 aromatic carbocycles. The first-order valence-corrected chi connectivity index (χ1v) is 10.9. The Morgan fingerprint density at radius 1 is 0.852 bits per heavy atom. The largest absolute Gasteiger partial charge is 0.506 e. The Balaban J connectivity index is 0. The van der Waals surface area contributed by atoms with Crippen molar-refractivity contribution < 1.29 is 24.4 Å². The Morgan fingerprint density at radius 3 is 1.48 bits per heavy atom. The van der Waals surface area contributed by atoms with Crippen LogP contribution >= 0.6 is 0 Å². The molecule has 2 unspecified atom stereocenters.